The van der Waals surface area contributed by atoms with Gasteiger partial charge < -0.3 is 18.1 Å². The molecule has 9 heteroatoms. The van der Waals surface area contributed by atoms with E-state index in [9.17, 15) is 8.42 Å². The van der Waals surface area contributed by atoms with Crippen LogP contribution in [0.4, 0.5) is 0 Å². The van der Waals surface area contributed by atoms with E-state index in [4.69, 9.17) is 29.7 Å². The molecule has 1 aromatic rings. The number of hydrogen-bond acceptors (Lipinski definition) is 6. The SMILES string of the molecule is COC12OCC3(C)C4=CCC(C)C4(C(Cl)=C(OS(=O)(=O)c4ccc(C)cc4)C31C)C2O[Si](C)(C)C. The maximum absolute atomic E-state index is 13.6. The number of methoxy groups -OCH3 is 1. The van der Waals surface area contributed by atoms with E-state index < -0.39 is 46.6 Å². The number of halogens is 1. The van der Waals surface area contributed by atoms with Gasteiger partial charge in [0.2, 0.25) is 5.79 Å². The van der Waals surface area contributed by atoms with E-state index in [0.29, 0.717) is 11.6 Å². The van der Waals surface area contributed by atoms with Crippen LogP contribution in [0.2, 0.25) is 19.6 Å². The van der Waals surface area contributed by atoms with Crippen molar-refractivity contribution in [2.75, 3.05) is 13.7 Å². The molecule has 0 aromatic heterocycles. The lowest BCUT2D eigenvalue weighted by atomic mass is 9.41. The van der Waals surface area contributed by atoms with Crippen LogP contribution in [0.15, 0.2) is 51.6 Å². The van der Waals surface area contributed by atoms with E-state index >= 15 is 0 Å². The van der Waals surface area contributed by atoms with Gasteiger partial charge in [-0.2, -0.15) is 8.42 Å². The highest BCUT2D eigenvalue weighted by Gasteiger charge is 2.86. The Balaban J connectivity index is 1.79. The monoisotopic (exact) mass is 538 g/mol. The second-order valence-electron chi connectivity index (χ2n) is 11.8. The summed E-state index contributed by atoms with van der Waals surface area (Å²) in [7, 11) is -4.67. The number of aryl methyl sites for hydroxylation is 1. The minimum Gasteiger partial charge on any atom is -0.408 e. The van der Waals surface area contributed by atoms with E-state index in [0.717, 1.165) is 17.6 Å². The molecule has 6 rings (SSSR count). The second kappa shape index (κ2) is 7.45. The van der Waals surface area contributed by atoms with Crippen LogP contribution in [-0.2, 0) is 28.2 Å². The fourth-order valence-electron chi connectivity index (χ4n) is 7.05. The highest BCUT2D eigenvalue weighted by atomic mass is 35.5. The number of allylic oxidation sites excluding steroid dienone is 1. The van der Waals surface area contributed by atoms with Crippen molar-refractivity contribution in [1.29, 1.82) is 0 Å². The third kappa shape index (κ3) is 2.90. The maximum atomic E-state index is 13.6. The quantitative estimate of drug-likeness (QED) is 0.261. The first-order chi connectivity index (χ1) is 16.1. The first-order valence-electron chi connectivity index (χ1n) is 12.1. The van der Waals surface area contributed by atoms with E-state index in [1.165, 1.54) is 0 Å². The van der Waals surface area contributed by atoms with Crippen LogP contribution in [0, 0.1) is 29.1 Å². The fourth-order valence-corrected chi connectivity index (χ4v) is 9.79. The maximum Gasteiger partial charge on any atom is 0.338 e. The lowest BCUT2D eigenvalue weighted by Crippen LogP contribution is -2.75. The summed E-state index contributed by atoms with van der Waals surface area (Å²) < 4.78 is 52.9. The third-order valence-electron chi connectivity index (χ3n) is 8.92. The molecule has 1 aromatic carbocycles. The van der Waals surface area contributed by atoms with Gasteiger partial charge in [0.1, 0.15) is 16.8 Å². The summed E-state index contributed by atoms with van der Waals surface area (Å²) in [6, 6.07) is 6.62. The number of benzene rings is 1. The van der Waals surface area contributed by atoms with Crippen LogP contribution < -0.4 is 0 Å². The Hall–Kier alpha value is -1.16. The molecule has 192 valence electrons. The van der Waals surface area contributed by atoms with Crippen LogP contribution in [0.5, 0.6) is 0 Å². The first kappa shape index (κ1) is 25.5. The van der Waals surface area contributed by atoms with Crippen molar-refractivity contribution >= 4 is 30.0 Å². The smallest absolute Gasteiger partial charge is 0.338 e. The standard InChI is InChI=1S/C26H35ClO6SSi/c1-16-9-12-18(13-10-16)34(28,29)32-21-20(27)25-17(2)11-14-19(25)23(3)15-31-26(30-5,24(21,23)4)22(25)33-35(6,7)8/h9-10,12-14,17,22H,11,15H2,1-8H3. The lowest BCUT2D eigenvalue weighted by molar-refractivity contribution is -0.318. The topological polar surface area (TPSA) is 71.1 Å². The predicted molar refractivity (Wildman–Crippen MR) is 137 cm³/mol. The number of ether oxygens (including phenoxy) is 2. The summed E-state index contributed by atoms with van der Waals surface area (Å²) in [5, 5.41) is 0.394. The molecule has 1 saturated heterocycles. The molecule has 1 saturated carbocycles. The van der Waals surface area contributed by atoms with E-state index in [1.807, 2.05) is 13.8 Å². The molecule has 35 heavy (non-hydrogen) atoms. The molecular weight excluding hydrogens is 504 g/mol. The Kier molecular flexibility index (Phi) is 5.43. The molecule has 0 radical (unpaired) electrons. The minimum atomic E-state index is -4.16. The number of rotatable bonds is 6. The van der Waals surface area contributed by atoms with Gasteiger partial charge in [0.25, 0.3) is 0 Å². The third-order valence-corrected chi connectivity index (χ3v) is 11.6. The van der Waals surface area contributed by atoms with Crippen LogP contribution in [0.1, 0.15) is 32.8 Å². The molecule has 0 N–H and O–H groups in total. The summed E-state index contributed by atoms with van der Waals surface area (Å²) in [6.07, 6.45) is 2.53. The van der Waals surface area contributed by atoms with Crippen molar-refractivity contribution in [1.82, 2.24) is 0 Å². The van der Waals surface area contributed by atoms with E-state index in [2.05, 4.69) is 39.6 Å². The van der Waals surface area contributed by atoms with Gasteiger partial charge in [0.05, 0.1) is 22.5 Å². The van der Waals surface area contributed by atoms with Crippen molar-refractivity contribution in [3.05, 3.63) is 52.3 Å². The zero-order valence-corrected chi connectivity index (χ0v) is 24.3. The Bertz CT molecular complexity index is 1250. The van der Waals surface area contributed by atoms with Gasteiger partial charge in [0.15, 0.2) is 8.32 Å². The van der Waals surface area contributed by atoms with Crippen molar-refractivity contribution < 1.29 is 26.5 Å². The Morgan fingerprint density at radius 2 is 1.77 bits per heavy atom. The summed E-state index contributed by atoms with van der Waals surface area (Å²) >= 11 is 7.31. The summed E-state index contributed by atoms with van der Waals surface area (Å²) in [4.78, 5) is 0.0811. The Morgan fingerprint density at radius 1 is 1.14 bits per heavy atom. The van der Waals surface area contributed by atoms with Crippen molar-refractivity contribution in [2.24, 2.45) is 22.2 Å². The Labute approximate surface area is 214 Å². The second-order valence-corrected chi connectivity index (χ2v) is 18.2. The molecule has 2 fully saturated rings. The average Bonchev–Trinajstić information content (AvgIpc) is 3.21. The van der Waals surface area contributed by atoms with Gasteiger partial charge in [0, 0.05) is 12.5 Å². The van der Waals surface area contributed by atoms with Gasteiger partial charge in [-0.3, -0.25) is 0 Å². The molecule has 6 nitrogen and oxygen atoms in total. The van der Waals surface area contributed by atoms with Crippen LogP contribution >= 0.6 is 11.6 Å². The highest BCUT2D eigenvalue weighted by molar-refractivity contribution is 7.86. The van der Waals surface area contributed by atoms with E-state index in [1.54, 1.807) is 31.4 Å². The van der Waals surface area contributed by atoms with E-state index in [-0.39, 0.29) is 16.6 Å². The van der Waals surface area contributed by atoms with Crippen LogP contribution in [0.3, 0.4) is 0 Å². The molecule has 6 unspecified atom stereocenters. The predicted octanol–water partition coefficient (Wildman–Crippen LogP) is 5.74. The molecule has 1 spiro atoms. The highest BCUT2D eigenvalue weighted by Crippen LogP contribution is 2.81. The van der Waals surface area contributed by atoms with Gasteiger partial charge in [-0.25, -0.2) is 0 Å². The lowest BCUT2D eigenvalue weighted by Gasteiger charge is -2.67. The first-order valence-corrected chi connectivity index (χ1v) is 17.3. The van der Waals surface area contributed by atoms with Crippen molar-refractivity contribution in [3.63, 3.8) is 0 Å². The van der Waals surface area contributed by atoms with Gasteiger partial charge >= 0.3 is 10.1 Å². The van der Waals surface area contributed by atoms with Crippen LogP contribution in [0.25, 0.3) is 0 Å². The zero-order valence-electron chi connectivity index (χ0n) is 21.7. The van der Waals surface area contributed by atoms with Gasteiger partial charge in [-0.05, 0) is 58.0 Å². The molecule has 5 aliphatic rings. The number of hydrogen-bond donors (Lipinski definition) is 0. The minimum absolute atomic E-state index is 0.0485. The fraction of sp³-hybridized carbons (Fsp3) is 0.615. The molecule has 6 atom stereocenters. The molecule has 4 aliphatic carbocycles. The van der Waals surface area contributed by atoms with Crippen LogP contribution in [-0.4, -0.2) is 42.3 Å². The molecule has 1 aliphatic heterocycles. The molecule has 0 amide bonds. The Morgan fingerprint density at radius 3 is 2.34 bits per heavy atom. The molecule has 1 heterocycles. The van der Waals surface area contributed by atoms with Gasteiger partial charge in [-0.1, -0.05) is 54.8 Å². The zero-order chi connectivity index (χ0) is 25.8. The average molecular weight is 539 g/mol. The molecular formula is C26H35ClO6SSi. The normalized spacial score (nSPS) is 40.2. The van der Waals surface area contributed by atoms with Crippen molar-refractivity contribution in [2.45, 2.75) is 70.5 Å². The van der Waals surface area contributed by atoms with Crippen molar-refractivity contribution in [3.8, 4) is 0 Å². The summed E-state index contributed by atoms with van der Waals surface area (Å²) in [5.74, 6) is -0.996. The largest absolute Gasteiger partial charge is 0.408 e. The summed E-state index contributed by atoms with van der Waals surface area (Å²) in [6.45, 7) is 14.9. The molecule has 4 bridgehead atoms. The van der Waals surface area contributed by atoms with Gasteiger partial charge in [-0.15, -0.1) is 0 Å². The summed E-state index contributed by atoms with van der Waals surface area (Å²) in [5.41, 5.74) is -0.297.